The molecule has 1 aromatic carbocycles. The number of ether oxygens (including phenoxy) is 1. The van der Waals surface area contributed by atoms with Gasteiger partial charge >= 0.3 is 0 Å². The molecule has 1 aromatic rings. The smallest absolute Gasteiger partial charge is 0.244 e. The molecule has 122 valence electrons. The van der Waals surface area contributed by atoms with Crippen LogP contribution in [-0.2, 0) is 26.0 Å². The minimum absolute atomic E-state index is 0.169. The Hall–Kier alpha value is -1.44. The van der Waals surface area contributed by atoms with E-state index in [1.165, 1.54) is 7.11 Å². The molecule has 2 rings (SSSR count). The van der Waals surface area contributed by atoms with E-state index in [9.17, 15) is 13.2 Å². The number of para-hydroxylation sites is 1. The molecule has 2 atom stereocenters. The molecule has 1 aliphatic rings. The van der Waals surface area contributed by atoms with Crippen molar-refractivity contribution in [2.24, 2.45) is 0 Å². The SMILES string of the molecule is CO[C@@H](C)CS(=O)(=O)N[C@H](C)C(=O)N1CCc2ccccc21. The van der Waals surface area contributed by atoms with Gasteiger partial charge in [-0.3, -0.25) is 4.79 Å². The molecule has 1 heterocycles. The first-order valence-corrected chi connectivity index (χ1v) is 8.91. The first-order chi connectivity index (χ1) is 10.3. The number of nitrogens with zero attached hydrogens (tertiary/aromatic N) is 1. The number of benzene rings is 1. The number of sulfonamides is 1. The third kappa shape index (κ3) is 3.85. The second kappa shape index (κ2) is 6.76. The predicted octanol–water partition coefficient (Wildman–Crippen LogP) is 0.919. The minimum Gasteiger partial charge on any atom is -0.381 e. The average Bonchev–Trinajstić information content (AvgIpc) is 2.89. The number of nitrogens with one attached hydrogen (secondary N) is 1. The van der Waals surface area contributed by atoms with E-state index in [2.05, 4.69) is 4.72 Å². The van der Waals surface area contributed by atoms with Crippen LogP contribution in [0.5, 0.6) is 0 Å². The number of hydrogen-bond donors (Lipinski definition) is 1. The van der Waals surface area contributed by atoms with Crippen LogP contribution in [0, 0.1) is 0 Å². The Morgan fingerprint density at radius 1 is 1.36 bits per heavy atom. The zero-order valence-electron chi connectivity index (χ0n) is 13.1. The van der Waals surface area contributed by atoms with Gasteiger partial charge in [0.05, 0.1) is 17.9 Å². The standard InChI is InChI=1S/C15H22N2O4S/c1-11(21-3)10-22(19,20)16-12(2)15(18)17-9-8-13-6-4-5-7-14(13)17/h4-7,11-12,16H,8-10H2,1-3H3/t11-,12+/m0/s1. The van der Waals surface area contributed by atoms with Crippen LogP contribution < -0.4 is 9.62 Å². The molecule has 0 bridgehead atoms. The van der Waals surface area contributed by atoms with E-state index in [0.717, 1.165) is 17.7 Å². The predicted molar refractivity (Wildman–Crippen MR) is 85.4 cm³/mol. The summed E-state index contributed by atoms with van der Waals surface area (Å²) < 4.78 is 31.4. The van der Waals surface area contributed by atoms with E-state index < -0.39 is 22.2 Å². The number of hydrogen-bond acceptors (Lipinski definition) is 4. The van der Waals surface area contributed by atoms with Crippen LogP contribution in [0.2, 0.25) is 0 Å². The number of amides is 1. The number of carbonyl (C=O) groups excluding carboxylic acids is 1. The Morgan fingerprint density at radius 3 is 2.73 bits per heavy atom. The van der Waals surface area contributed by atoms with E-state index in [1.54, 1.807) is 18.7 Å². The number of rotatable bonds is 6. The highest BCUT2D eigenvalue weighted by molar-refractivity contribution is 7.89. The lowest BCUT2D eigenvalue weighted by Crippen LogP contribution is -2.48. The number of methoxy groups -OCH3 is 1. The van der Waals surface area contributed by atoms with Gasteiger partial charge < -0.3 is 9.64 Å². The summed E-state index contributed by atoms with van der Waals surface area (Å²) in [5.74, 6) is -0.406. The lowest BCUT2D eigenvalue weighted by Gasteiger charge is -2.22. The van der Waals surface area contributed by atoms with Crippen molar-refractivity contribution in [2.45, 2.75) is 32.4 Å². The maximum atomic E-state index is 12.5. The molecular weight excluding hydrogens is 304 g/mol. The van der Waals surface area contributed by atoms with Gasteiger partial charge in [0.1, 0.15) is 0 Å². The van der Waals surface area contributed by atoms with Crippen LogP contribution in [0.4, 0.5) is 5.69 Å². The Labute approximate surface area is 131 Å². The lowest BCUT2D eigenvalue weighted by molar-refractivity contribution is -0.119. The highest BCUT2D eigenvalue weighted by Gasteiger charge is 2.30. The second-order valence-corrected chi connectivity index (χ2v) is 7.33. The van der Waals surface area contributed by atoms with Crippen LogP contribution in [0.1, 0.15) is 19.4 Å². The Bertz CT molecular complexity index is 645. The van der Waals surface area contributed by atoms with Crippen molar-refractivity contribution in [3.05, 3.63) is 29.8 Å². The monoisotopic (exact) mass is 326 g/mol. The molecule has 7 heteroatoms. The van der Waals surface area contributed by atoms with Gasteiger partial charge in [0.15, 0.2) is 0 Å². The van der Waals surface area contributed by atoms with E-state index in [0.29, 0.717) is 6.54 Å². The first-order valence-electron chi connectivity index (χ1n) is 7.26. The minimum atomic E-state index is -3.57. The summed E-state index contributed by atoms with van der Waals surface area (Å²) in [6, 6.07) is 6.87. The van der Waals surface area contributed by atoms with Crippen LogP contribution in [0.15, 0.2) is 24.3 Å². The van der Waals surface area contributed by atoms with Crippen LogP contribution in [0.25, 0.3) is 0 Å². The van der Waals surface area contributed by atoms with Gasteiger partial charge in [-0.05, 0) is 31.9 Å². The molecule has 0 aromatic heterocycles. The van der Waals surface area contributed by atoms with Crippen molar-refractivity contribution in [2.75, 3.05) is 24.3 Å². The van der Waals surface area contributed by atoms with E-state index in [1.807, 2.05) is 24.3 Å². The van der Waals surface area contributed by atoms with E-state index in [4.69, 9.17) is 4.74 Å². The third-order valence-electron chi connectivity index (χ3n) is 3.74. The van der Waals surface area contributed by atoms with Gasteiger partial charge in [-0.25, -0.2) is 13.1 Å². The Kier molecular flexibility index (Phi) is 5.20. The quantitative estimate of drug-likeness (QED) is 0.843. The van der Waals surface area contributed by atoms with Crippen LogP contribution in [0.3, 0.4) is 0 Å². The molecule has 0 saturated carbocycles. The van der Waals surface area contributed by atoms with Crippen LogP contribution in [-0.4, -0.2) is 45.9 Å². The summed E-state index contributed by atoms with van der Waals surface area (Å²) in [7, 11) is -2.11. The van der Waals surface area contributed by atoms with Crippen molar-refractivity contribution >= 4 is 21.6 Å². The van der Waals surface area contributed by atoms with Gasteiger partial charge in [0.25, 0.3) is 0 Å². The second-order valence-electron chi connectivity index (χ2n) is 5.54. The van der Waals surface area contributed by atoms with Crippen molar-refractivity contribution in [3.63, 3.8) is 0 Å². The van der Waals surface area contributed by atoms with Gasteiger partial charge in [-0.15, -0.1) is 0 Å². The Morgan fingerprint density at radius 2 is 2.05 bits per heavy atom. The third-order valence-corrected chi connectivity index (χ3v) is 5.36. The fourth-order valence-corrected chi connectivity index (χ4v) is 4.04. The van der Waals surface area contributed by atoms with Crippen molar-refractivity contribution in [1.29, 1.82) is 0 Å². The zero-order valence-corrected chi connectivity index (χ0v) is 13.9. The molecular formula is C15H22N2O4S. The highest BCUT2D eigenvalue weighted by atomic mass is 32.2. The maximum Gasteiger partial charge on any atom is 0.244 e. The van der Waals surface area contributed by atoms with E-state index in [-0.39, 0.29) is 11.7 Å². The molecule has 22 heavy (non-hydrogen) atoms. The summed E-state index contributed by atoms with van der Waals surface area (Å²) in [6.45, 7) is 3.82. The Balaban J connectivity index is 2.05. The molecule has 0 spiro atoms. The zero-order chi connectivity index (χ0) is 16.3. The fraction of sp³-hybridized carbons (Fsp3) is 0.533. The molecule has 0 fully saturated rings. The topological polar surface area (TPSA) is 75.7 Å². The molecule has 1 amide bonds. The molecule has 0 saturated heterocycles. The number of anilines is 1. The molecule has 1 aliphatic heterocycles. The first kappa shape index (κ1) is 16.9. The largest absolute Gasteiger partial charge is 0.381 e. The molecule has 1 N–H and O–H groups in total. The fourth-order valence-electron chi connectivity index (χ4n) is 2.55. The number of fused-ring (bicyclic) bond motifs is 1. The van der Waals surface area contributed by atoms with E-state index >= 15 is 0 Å². The van der Waals surface area contributed by atoms with Gasteiger partial charge in [0.2, 0.25) is 15.9 Å². The van der Waals surface area contributed by atoms with Crippen LogP contribution >= 0.6 is 0 Å². The summed E-state index contributed by atoms with van der Waals surface area (Å²) in [6.07, 6.45) is 0.370. The summed E-state index contributed by atoms with van der Waals surface area (Å²) in [5.41, 5.74) is 1.97. The maximum absolute atomic E-state index is 12.5. The highest BCUT2D eigenvalue weighted by Crippen LogP contribution is 2.27. The summed E-state index contributed by atoms with van der Waals surface area (Å²) >= 11 is 0. The number of carbonyl (C=O) groups is 1. The normalized spacial score (nSPS) is 17.1. The molecule has 0 unspecified atom stereocenters. The molecule has 6 nitrogen and oxygen atoms in total. The average molecular weight is 326 g/mol. The lowest BCUT2D eigenvalue weighted by atomic mass is 10.2. The van der Waals surface area contributed by atoms with Gasteiger partial charge in [0, 0.05) is 19.3 Å². The van der Waals surface area contributed by atoms with Gasteiger partial charge in [-0.2, -0.15) is 0 Å². The van der Waals surface area contributed by atoms with Crippen molar-refractivity contribution in [3.8, 4) is 0 Å². The summed E-state index contributed by atoms with van der Waals surface area (Å²) in [4.78, 5) is 14.1. The molecule has 0 aliphatic carbocycles. The van der Waals surface area contributed by atoms with Crippen molar-refractivity contribution < 1.29 is 17.9 Å². The molecule has 0 radical (unpaired) electrons. The summed E-state index contributed by atoms with van der Waals surface area (Å²) in [5, 5.41) is 0. The van der Waals surface area contributed by atoms with Crippen molar-refractivity contribution in [1.82, 2.24) is 4.72 Å². The van der Waals surface area contributed by atoms with Gasteiger partial charge in [-0.1, -0.05) is 18.2 Å².